The first-order chi connectivity index (χ1) is 10.2. The molecule has 2 fully saturated rings. The highest BCUT2D eigenvalue weighted by Gasteiger charge is 2.29. The second-order valence-electron chi connectivity index (χ2n) is 5.80. The monoisotopic (exact) mass is 305 g/mol. The highest BCUT2D eigenvalue weighted by Crippen LogP contribution is 2.15. The van der Waals surface area contributed by atoms with Gasteiger partial charge in [-0.3, -0.25) is 15.0 Å². The number of nitrogens with zero attached hydrogens (tertiary/aromatic N) is 2. The molecule has 2 aliphatic heterocycles. The summed E-state index contributed by atoms with van der Waals surface area (Å²) in [5.74, 6) is 2.11. The fraction of sp³-hybridized carbons (Fsp3) is 0.562. The van der Waals surface area contributed by atoms with Gasteiger partial charge >= 0.3 is 0 Å². The summed E-state index contributed by atoms with van der Waals surface area (Å²) in [6, 6.07) is 8.59. The zero-order valence-electron chi connectivity index (χ0n) is 12.5. The van der Waals surface area contributed by atoms with Crippen LogP contribution in [0.4, 0.5) is 0 Å². The van der Waals surface area contributed by atoms with Crippen molar-refractivity contribution in [3.63, 3.8) is 0 Å². The Balaban J connectivity index is 1.51. The van der Waals surface area contributed by atoms with E-state index in [1.54, 1.807) is 0 Å². The minimum absolute atomic E-state index is 0.0397. The summed E-state index contributed by atoms with van der Waals surface area (Å²) in [5.41, 5.74) is 2.74. The van der Waals surface area contributed by atoms with Crippen molar-refractivity contribution in [2.24, 2.45) is 0 Å². The van der Waals surface area contributed by atoms with E-state index in [4.69, 9.17) is 0 Å². The van der Waals surface area contributed by atoms with Gasteiger partial charge in [-0.05, 0) is 18.1 Å². The Bertz CT molecular complexity index is 494. The molecule has 0 bridgehead atoms. The van der Waals surface area contributed by atoms with Crippen molar-refractivity contribution in [3.05, 3.63) is 35.4 Å². The van der Waals surface area contributed by atoms with Gasteiger partial charge in [0, 0.05) is 44.4 Å². The van der Waals surface area contributed by atoms with Crippen LogP contribution in [0.25, 0.3) is 0 Å². The number of carbonyl (C=O) groups excluding carboxylic acids is 1. The summed E-state index contributed by atoms with van der Waals surface area (Å²) in [4.78, 5) is 16.8. The summed E-state index contributed by atoms with van der Waals surface area (Å²) in [6.45, 7) is 6.81. The molecule has 1 amide bonds. The van der Waals surface area contributed by atoms with Crippen LogP contribution in [0.3, 0.4) is 0 Å². The largest absolute Gasteiger partial charge is 0.339 e. The number of piperazine rings is 1. The number of carbonyl (C=O) groups is 1. The molecule has 1 aromatic rings. The van der Waals surface area contributed by atoms with Crippen LogP contribution >= 0.6 is 11.8 Å². The van der Waals surface area contributed by atoms with Crippen LogP contribution in [0.1, 0.15) is 11.1 Å². The summed E-state index contributed by atoms with van der Waals surface area (Å²) in [6.07, 6.45) is 0. The van der Waals surface area contributed by atoms with Crippen molar-refractivity contribution in [3.8, 4) is 0 Å². The van der Waals surface area contributed by atoms with E-state index in [2.05, 4.69) is 41.4 Å². The van der Waals surface area contributed by atoms with Gasteiger partial charge < -0.3 is 4.90 Å². The molecule has 1 atom stereocenters. The van der Waals surface area contributed by atoms with Gasteiger partial charge in [-0.25, -0.2) is 0 Å². The second kappa shape index (κ2) is 6.81. The molecule has 1 unspecified atom stereocenters. The van der Waals surface area contributed by atoms with E-state index in [-0.39, 0.29) is 11.9 Å². The zero-order chi connectivity index (χ0) is 14.7. The van der Waals surface area contributed by atoms with Crippen LogP contribution in [0.15, 0.2) is 24.3 Å². The van der Waals surface area contributed by atoms with Gasteiger partial charge in [-0.1, -0.05) is 24.3 Å². The Morgan fingerprint density at radius 1 is 1.29 bits per heavy atom. The predicted octanol–water partition coefficient (Wildman–Crippen LogP) is 1.30. The molecular formula is C16H23N3OS. The molecule has 1 aromatic carbocycles. The number of aryl methyl sites for hydroxylation is 1. The Labute approximate surface area is 130 Å². The van der Waals surface area contributed by atoms with Gasteiger partial charge in [0.25, 0.3) is 0 Å². The van der Waals surface area contributed by atoms with Crippen molar-refractivity contribution in [1.82, 2.24) is 15.1 Å². The molecule has 0 saturated carbocycles. The molecule has 3 rings (SSSR count). The predicted molar refractivity (Wildman–Crippen MR) is 87.3 cm³/mol. The summed E-state index contributed by atoms with van der Waals surface area (Å²) in [7, 11) is 0. The van der Waals surface area contributed by atoms with Crippen molar-refractivity contribution in [2.45, 2.75) is 19.5 Å². The standard InChI is InChI=1S/C16H23N3OS/c1-13-4-2-3-5-14(13)10-18-6-8-19(9-7-18)16(20)15-11-21-12-17-15/h2-5,15,17H,6-12H2,1H3. The molecule has 2 heterocycles. The highest BCUT2D eigenvalue weighted by atomic mass is 32.2. The lowest BCUT2D eigenvalue weighted by molar-refractivity contribution is -0.134. The number of rotatable bonds is 3. The van der Waals surface area contributed by atoms with E-state index in [1.807, 2.05) is 16.7 Å². The average molecular weight is 305 g/mol. The Kier molecular flexibility index (Phi) is 4.83. The fourth-order valence-corrected chi connectivity index (χ4v) is 3.86. The first kappa shape index (κ1) is 14.9. The normalized spacial score (nSPS) is 23.5. The zero-order valence-corrected chi connectivity index (χ0v) is 13.4. The van der Waals surface area contributed by atoms with E-state index in [1.165, 1.54) is 11.1 Å². The first-order valence-corrected chi connectivity index (χ1v) is 8.76. The van der Waals surface area contributed by atoms with Crippen molar-refractivity contribution in [2.75, 3.05) is 37.8 Å². The summed E-state index contributed by atoms with van der Waals surface area (Å²) in [5, 5.41) is 3.27. The van der Waals surface area contributed by atoms with Crippen LogP contribution in [-0.4, -0.2) is 59.6 Å². The molecule has 0 radical (unpaired) electrons. The maximum atomic E-state index is 12.4. The Hall–Kier alpha value is -1.04. The van der Waals surface area contributed by atoms with Crippen LogP contribution in [0, 0.1) is 6.92 Å². The number of nitrogens with one attached hydrogen (secondary N) is 1. The molecule has 21 heavy (non-hydrogen) atoms. The van der Waals surface area contributed by atoms with Crippen LogP contribution < -0.4 is 5.32 Å². The van der Waals surface area contributed by atoms with Crippen molar-refractivity contribution < 1.29 is 4.79 Å². The van der Waals surface area contributed by atoms with E-state index >= 15 is 0 Å². The van der Waals surface area contributed by atoms with Gasteiger partial charge in [-0.2, -0.15) is 0 Å². The van der Waals surface area contributed by atoms with Crippen molar-refractivity contribution >= 4 is 17.7 Å². The van der Waals surface area contributed by atoms with Crippen molar-refractivity contribution in [1.29, 1.82) is 0 Å². The Morgan fingerprint density at radius 2 is 2.05 bits per heavy atom. The minimum atomic E-state index is 0.0397. The molecule has 0 aromatic heterocycles. The fourth-order valence-electron chi connectivity index (χ4n) is 2.93. The lowest BCUT2D eigenvalue weighted by atomic mass is 10.1. The third kappa shape index (κ3) is 3.59. The lowest BCUT2D eigenvalue weighted by Gasteiger charge is -2.36. The number of hydrogen-bond donors (Lipinski definition) is 1. The Morgan fingerprint density at radius 3 is 2.71 bits per heavy atom. The number of benzene rings is 1. The van der Waals surface area contributed by atoms with Gasteiger partial charge in [-0.15, -0.1) is 11.8 Å². The van der Waals surface area contributed by atoms with Gasteiger partial charge in [0.15, 0.2) is 0 Å². The van der Waals surface area contributed by atoms with Crippen LogP contribution in [0.2, 0.25) is 0 Å². The second-order valence-corrected chi connectivity index (χ2v) is 6.83. The third-order valence-corrected chi connectivity index (χ3v) is 5.29. The molecule has 114 valence electrons. The lowest BCUT2D eigenvalue weighted by Crippen LogP contribution is -2.53. The maximum absolute atomic E-state index is 12.4. The van der Waals surface area contributed by atoms with Crippen LogP contribution in [-0.2, 0) is 11.3 Å². The quantitative estimate of drug-likeness (QED) is 0.913. The minimum Gasteiger partial charge on any atom is -0.339 e. The molecule has 5 heteroatoms. The van der Waals surface area contributed by atoms with E-state index in [0.717, 1.165) is 44.4 Å². The molecule has 2 aliphatic rings. The van der Waals surface area contributed by atoms with E-state index in [9.17, 15) is 4.79 Å². The topological polar surface area (TPSA) is 35.6 Å². The van der Waals surface area contributed by atoms with Gasteiger partial charge in [0.1, 0.15) is 0 Å². The van der Waals surface area contributed by atoms with E-state index < -0.39 is 0 Å². The van der Waals surface area contributed by atoms with E-state index in [0.29, 0.717) is 0 Å². The number of amides is 1. The number of hydrogen-bond acceptors (Lipinski definition) is 4. The average Bonchev–Trinajstić information content (AvgIpc) is 3.04. The molecule has 0 spiro atoms. The first-order valence-electron chi connectivity index (χ1n) is 7.61. The third-order valence-electron chi connectivity index (χ3n) is 4.35. The molecule has 1 N–H and O–H groups in total. The van der Waals surface area contributed by atoms with Gasteiger partial charge in [0.05, 0.1) is 6.04 Å². The number of thioether (sulfide) groups is 1. The maximum Gasteiger partial charge on any atom is 0.240 e. The van der Waals surface area contributed by atoms with Crippen LogP contribution in [0.5, 0.6) is 0 Å². The molecule has 2 saturated heterocycles. The molecule has 4 nitrogen and oxygen atoms in total. The van der Waals surface area contributed by atoms with Gasteiger partial charge in [0.2, 0.25) is 5.91 Å². The summed E-state index contributed by atoms with van der Waals surface area (Å²) >= 11 is 1.81. The highest BCUT2D eigenvalue weighted by molar-refractivity contribution is 7.99. The SMILES string of the molecule is Cc1ccccc1CN1CCN(C(=O)C2CSCN2)CC1. The summed E-state index contributed by atoms with van der Waals surface area (Å²) < 4.78 is 0. The smallest absolute Gasteiger partial charge is 0.240 e. The molecule has 0 aliphatic carbocycles. The molecular weight excluding hydrogens is 282 g/mol.